The fourth-order valence-corrected chi connectivity index (χ4v) is 2.90. The highest BCUT2D eigenvalue weighted by atomic mass is 35.5. The first kappa shape index (κ1) is 24.6. The van der Waals surface area contributed by atoms with Gasteiger partial charge in [-0.1, -0.05) is 61.3 Å². The number of nitrogens with zero attached hydrogens (tertiary/aromatic N) is 2. The average molecular weight is 435 g/mol. The summed E-state index contributed by atoms with van der Waals surface area (Å²) in [5.74, 6) is -0.963. The van der Waals surface area contributed by atoms with Crippen LogP contribution < -0.4 is 0 Å². The third-order valence-corrected chi connectivity index (χ3v) is 4.65. The largest absolute Gasteiger partial charge is 0.481 e. The number of carbonyl (C=O) groups excluding carboxylic acids is 1. The van der Waals surface area contributed by atoms with E-state index in [-0.39, 0.29) is 24.0 Å². The predicted molar refractivity (Wildman–Crippen MR) is 116 cm³/mol. The van der Waals surface area contributed by atoms with Gasteiger partial charge in [0.25, 0.3) is 0 Å². The van der Waals surface area contributed by atoms with Gasteiger partial charge in [0.2, 0.25) is 5.78 Å². The summed E-state index contributed by atoms with van der Waals surface area (Å²) in [6, 6.07) is 14.8. The number of hydrogen-bond donors (Lipinski definition) is 1. The SMILES string of the molecule is CC(CC(=O)O)Cc1ccc(Cl)cc1.CC(Cc1ccc(Cl)cc1)C(=O)C=[N+]=[N-]. The van der Waals surface area contributed by atoms with Crippen molar-refractivity contribution in [1.29, 1.82) is 0 Å². The van der Waals surface area contributed by atoms with Crippen LogP contribution in [0.25, 0.3) is 5.53 Å². The summed E-state index contributed by atoms with van der Waals surface area (Å²) in [5.41, 5.74) is 10.4. The highest BCUT2D eigenvalue weighted by molar-refractivity contribution is 6.30. The van der Waals surface area contributed by atoms with Crippen LogP contribution in [0.15, 0.2) is 48.5 Å². The molecule has 0 heterocycles. The van der Waals surface area contributed by atoms with Crippen LogP contribution in [0.1, 0.15) is 31.4 Å². The molecule has 2 rings (SSSR count). The van der Waals surface area contributed by atoms with Crippen molar-refractivity contribution in [3.63, 3.8) is 0 Å². The smallest absolute Gasteiger partial charge is 0.323 e. The molecule has 29 heavy (non-hydrogen) atoms. The van der Waals surface area contributed by atoms with E-state index in [0.717, 1.165) is 23.8 Å². The Balaban J connectivity index is 0.000000291. The maximum atomic E-state index is 11.3. The fourth-order valence-electron chi connectivity index (χ4n) is 2.65. The topological polar surface area (TPSA) is 90.8 Å². The van der Waals surface area contributed by atoms with Crippen LogP contribution in [0, 0.1) is 11.8 Å². The van der Waals surface area contributed by atoms with Crippen LogP contribution in [0.3, 0.4) is 0 Å². The monoisotopic (exact) mass is 434 g/mol. The molecule has 2 aromatic rings. The molecule has 7 heteroatoms. The first-order valence-corrected chi connectivity index (χ1v) is 9.88. The average Bonchev–Trinajstić information content (AvgIpc) is 2.65. The summed E-state index contributed by atoms with van der Waals surface area (Å²) in [6.07, 6.45) is 2.54. The van der Waals surface area contributed by atoms with Gasteiger partial charge < -0.3 is 10.6 Å². The Labute approximate surface area is 180 Å². The van der Waals surface area contributed by atoms with Crippen LogP contribution in [-0.4, -0.2) is 27.9 Å². The molecule has 154 valence electrons. The van der Waals surface area contributed by atoms with E-state index >= 15 is 0 Å². The van der Waals surface area contributed by atoms with E-state index in [0.29, 0.717) is 16.5 Å². The first-order chi connectivity index (χ1) is 13.7. The molecule has 0 saturated carbocycles. The molecule has 0 saturated heterocycles. The molecule has 0 aliphatic rings. The summed E-state index contributed by atoms with van der Waals surface area (Å²) in [7, 11) is 0. The number of Topliss-reactive ketones (excluding diaryl/α,β-unsaturated/α-hetero) is 1. The molecule has 5 nitrogen and oxygen atoms in total. The van der Waals surface area contributed by atoms with Gasteiger partial charge in [-0.05, 0) is 54.2 Å². The van der Waals surface area contributed by atoms with E-state index in [1.165, 1.54) is 0 Å². The van der Waals surface area contributed by atoms with E-state index in [4.69, 9.17) is 33.8 Å². The molecular formula is C22H24Cl2N2O3. The summed E-state index contributed by atoms with van der Waals surface area (Å²) in [6.45, 7) is 3.72. The van der Waals surface area contributed by atoms with E-state index in [1.807, 2.05) is 43.3 Å². The van der Waals surface area contributed by atoms with Gasteiger partial charge in [0.05, 0.1) is 0 Å². The Morgan fingerprint density at radius 2 is 1.41 bits per heavy atom. The maximum Gasteiger partial charge on any atom is 0.323 e. The second-order valence-electron chi connectivity index (χ2n) is 6.91. The Kier molecular flexibility index (Phi) is 10.9. The zero-order chi connectivity index (χ0) is 21.8. The van der Waals surface area contributed by atoms with Gasteiger partial charge in [0, 0.05) is 22.4 Å². The lowest BCUT2D eigenvalue weighted by Gasteiger charge is -2.08. The number of halogens is 2. The Hall–Kier alpha value is -2.46. The highest BCUT2D eigenvalue weighted by Gasteiger charge is 2.14. The van der Waals surface area contributed by atoms with Gasteiger partial charge >= 0.3 is 12.2 Å². The van der Waals surface area contributed by atoms with Crippen LogP contribution in [-0.2, 0) is 22.4 Å². The van der Waals surface area contributed by atoms with Crippen molar-refractivity contribution >= 4 is 41.2 Å². The summed E-state index contributed by atoms with van der Waals surface area (Å²) in [4.78, 5) is 24.4. The van der Waals surface area contributed by atoms with Gasteiger partial charge in [0.1, 0.15) is 0 Å². The minimum absolute atomic E-state index is 0.161. The van der Waals surface area contributed by atoms with Crippen molar-refractivity contribution in [2.45, 2.75) is 33.1 Å². The second kappa shape index (κ2) is 12.9. The summed E-state index contributed by atoms with van der Waals surface area (Å²) >= 11 is 11.5. The molecule has 2 aromatic carbocycles. The molecule has 0 spiro atoms. The lowest BCUT2D eigenvalue weighted by molar-refractivity contribution is -0.137. The molecule has 0 radical (unpaired) electrons. The molecule has 0 amide bonds. The first-order valence-electron chi connectivity index (χ1n) is 9.13. The zero-order valence-electron chi connectivity index (χ0n) is 16.4. The third-order valence-electron chi connectivity index (χ3n) is 4.15. The Morgan fingerprint density at radius 1 is 0.966 bits per heavy atom. The molecule has 0 aromatic heterocycles. The molecule has 1 N–H and O–H groups in total. The summed E-state index contributed by atoms with van der Waals surface area (Å²) < 4.78 is 0. The van der Waals surface area contributed by atoms with Gasteiger partial charge in [0.15, 0.2) is 0 Å². The standard InChI is InChI=1S/C11H11ClN2O.C11H13ClO2/c1-8(11(15)7-14-13)6-9-2-4-10(12)5-3-9;1-8(7-11(13)14)6-9-2-4-10(12)5-3-9/h2-5,7-8H,6H2,1H3;2-5,8H,6-7H2,1H3,(H,13,14). The zero-order valence-corrected chi connectivity index (χ0v) is 17.9. The molecule has 2 atom stereocenters. The van der Waals surface area contributed by atoms with Crippen LogP contribution in [0.5, 0.6) is 0 Å². The lowest BCUT2D eigenvalue weighted by atomic mass is 9.98. The number of carboxylic acid groups (broad SMARTS) is 1. The number of aliphatic carboxylic acids is 1. The van der Waals surface area contributed by atoms with E-state index in [1.54, 1.807) is 19.1 Å². The minimum Gasteiger partial charge on any atom is -0.481 e. The van der Waals surface area contributed by atoms with Crippen LogP contribution in [0.4, 0.5) is 0 Å². The lowest BCUT2D eigenvalue weighted by Crippen LogP contribution is -2.15. The van der Waals surface area contributed by atoms with Crippen molar-refractivity contribution in [1.82, 2.24) is 0 Å². The van der Waals surface area contributed by atoms with Gasteiger partial charge in [-0.3, -0.25) is 9.59 Å². The number of rotatable bonds is 8. The van der Waals surface area contributed by atoms with Crippen molar-refractivity contribution in [3.8, 4) is 0 Å². The molecule has 0 aliphatic carbocycles. The van der Waals surface area contributed by atoms with Gasteiger partial charge in [-0.25, -0.2) is 0 Å². The van der Waals surface area contributed by atoms with Crippen molar-refractivity contribution in [3.05, 3.63) is 75.2 Å². The Bertz CT molecular complexity index is 845. The van der Waals surface area contributed by atoms with Gasteiger partial charge in [-0.2, -0.15) is 4.79 Å². The van der Waals surface area contributed by atoms with E-state index < -0.39 is 5.97 Å². The fraction of sp³-hybridized carbons (Fsp3) is 0.318. The molecular weight excluding hydrogens is 411 g/mol. The third kappa shape index (κ3) is 10.6. The number of carbonyl (C=O) groups is 2. The molecule has 2 unspecified atom stereocenters. The van der Waals surface area contributed by atoms with Gasteiger partial charge in [-0.15, -0.1) is 0 Å². The molecule has 0 bridgehead atoms. The predicted octanol–water partition coefficient (Wildman–Crippen LogP) is 5.38. The highest BCUT2D eigenvalue weighted by Crippen LogP contribution is 2.15. The quantitative estimate of drug-likeness (QED) is 0.343. The summed E-state index contributed by atoms with van der Waals surface area (Å²) in [5, 5.41) is 9.97. The molecule has 0 fully saturated rings. The normalized spacial score (nSPS) is 12.0. The van der Waals surface area contributed by atoms with Crippen LogP contribution >= 0.6 is 23.2 Å². The van der Waals surface area contributed by atoms with Crippen molar-refractivity contribution < 1.29 is 19.5 Å². The number of carboxylic acids is 1. The van der Waals surface area contributed by atoms with Crippen molar-refractivity contribution in [2.24, 2.45) is 11.8 Å². The second-order valence-corrected chi connectivity index (χ2v) is 7.79. The maximum absolute atomic E-state index is 11.3. The number of hydrogen-bond acceptors (Lipinski definition) is 2. The van der Waals surface area contributed by atoms with E-state index in [9.17, 15) is 9.59 Å². The van der Waals surface area contributed by atoms with Crippen molar-refractivity contribution in [2.75, 3.05) is 0 Å². The van der Waals surface area contributed by atoms with Crippen LogP contribution in [0.2, 0.25) is 10.0 Å². The van der Waals surface area contributed by atoms with E-state index in [2.05, 4.69) is 4.79 Å². The Morgan fingerprint density at radius 3 is 1.83 bits per heavy atom. The number of ketones is 1. The minimum atomic E-state index is -0.744. The molecule has 0 aliphatic heterocycles. The number of benzene rings is 2.